The Kier molecular flexibility index (Phi) is 7.79. The van der Waals surface area contributed by atoms with E-state index in [0.29, 0.717) is 35.5 Å². The van der Waals surface area contributed by atoms with Gasteiger partial charge in [-0.3, -0.25) is 14.2 Å². The topological polar surface area (TPSA) is 82.3 Å². The molecule has 1 aromatic heterocycles. The fourth-order valence-electron chi connectivity index (χ4n) is 4.51. The van der Waals surface area contributed by atoms with E-state index in [0.717, 1.165) is 16.2 Å². The van der Waals surface area contributed by atoms with Gasteiger partial charge in [-0.25, -0.2) is 13.8 Å². The number of aromatic nitrogens is 2. The Bertz CT molecular complexity index is 1820. The summed E-state index contributed by atoms with van der Waals surface area (Å²) in [6.45, 7) is 0.363. The van der Waals surface area contributed by atoms with E-state index in [1.165, 1.54) is 35.9 Å². The third-order valence-electron chi connectivity index (χ3n) is 6.62. The highest BCUT2D eigenvalue weighted by molar-refractivity contribution is 6.31. The van der Waals surface area contributed by atoms with Crippen LogP contribution < -0.4 is 21.3 Å². The van der Waals surface area contributed by atoms with Gasteiger partial charge >= 0.3 is 5.69 Å². The number of hydrogen-bond acceptors (Lipinski definition) is 4. The number of amides is 1. The van der Waals surface area contributed by atoms with Crippen LogP contribution in [0.5, 0.6) is 5.75 Å². The number of rotatable bonds is 8. The molecule has 0 saturated heterocycles. The van der Waals surface area contributed by atoms with Gasteiger partial charge in [0.25, 0.3) is 11.5 Å². The number of nitrogens with zero attached hydrogens (tertiary/aromatic N) is 2. The van der Waals surface area contributed by atoms with E-state index in [1.54, 1.807) is 30.3 Å². The summed E-state index contributed by atoms with van der Waals surface area (Å²) in [7, 11) is 1.52. The molecule has 7 nitrogen and oxygen atoms in total. The summed E-state index contributed by atoms with van der Waals surface area (Å²) in [6.07, 6.45) is 0.653. The van der Waals surface area contributed by atoms with Gasteiger partial charge < -0.3 is 10.1 Å². The van der Waals surface area contributed by atoms with Gasteiger partial charge in [0, 0.05) is 17.1 Å². The van der Waals surface area contributed by atoms with Crippen LogP contribution in [-0.2, 0) is 13.0 Å². The maximum Gasteiger partial charge on any atom is 0.336 e. The summed E-state index contributed by atoms with van der Waals surface area (Å²) in [5.74, 6) is -0.279. The minimum Gasteiger partial charge on any atom is -0.497 e. The molecule has 40 heavy (non-hydrogen) atoms. The molecule has 0 unspecified atom stereocenters. The molecule has 202 valence electrons. The Morgan fingerprint density at radius 2 is 1.70 bits per heavy atom. The Morgan fingerprint density at radius 1 is 0.950 bits per heavy atom. The van der Waals surface area contributed by atoms with E-state index in [2.05, 4.69) is 5.32 Å². The van der Waals surface area contributed by atoms with Crippen molar-refractivity contribution in [1.29, 1.82) is 0 Å². The zero-order valence-electron chi connectivity index (χ0n) is 21.6. The van der Waals surface area contributed by atoms with Crippen LogP contribution in [-0.4, -0.2) is 28.7 Å². The van der Waals surface area contributed by atoms with Gasteiger partial charge in [0.15, 0.2) is 0 Å². The number of fused-ring (bicyclic) bond motifs is 1. The third-order valence-corrected chi connectivity index (χ3v) is 6.97. The Morgan fingerprint density at radius 3 is 2.40 bits per heavy atom. The van der Waals surface area contributed by atoms with Gasteiger partial charge in [-0.15, -0.1) is 0 Å². The van der Waals surface area contributed by atoms with Crippen LogP contribution in [0.1, 0.15) is 21.5 Å². The average molecular weight is 558 g/mol. The van der Waals surface area contributed by atoms with Crippen LogP contribution >= 0.6 is 11.6 Å². The molecule has 1 N–H and O–H groups in total. The first-order chi connectivity index (χ1) is 19.4. The Labute approximate surface area is 234 Å². The zero-order chi connectivity index (χ0) is 28.2. The van der Waals surface area contributed by atoms with Crippen LogP contribution in [0.3, 0.4) is 0 Å². The second-order valence-electron chi connectivity index (χ2n) is 9.17. The van der Waals surface area contributed by atoms with Crippen LogP contribution in [0, 0.1) is 5.82 Å². The zero-order valence-corrected chi connectivity index (χ0v) is 22.3. The highest BCUT2D eigenvalue weighted by Gasteiger charge is 2.18. The number of methoxy groups -OCH3 is 1. The lowest BCUT2D eigenvalue weighted by atomic mass is 10.1. The van der Waals surface area contributed by atoms with Crippen molar-refractivity contribution in [3.8, 4) is 11.4 Å². The molecule has 5 aromatic rings. The fraction of sp³-hybridized carbons (Fsp3) is 0.129. The number of hydrogen-bond donors (Lipinski definition) is 1. The lowest BCUT2D eigenvalue weighted by Crippen LogP contribution is -2.39. The standard InChI is InChI=1S/C31H25ClFN3O4/c1-40-25-12-10-24(11-13-25)36-30(38)26-14-8-21(29(37)34-16-15-20-5-3-2-4-6-20)17-28(26)35(31(36)39)19-22-7-9-23(33)18-27(22)32/h2-14,17-18H,15-16,19H2,1H3,(H,34,37). The normalized spacial score (nSPS) is 11.0. The summed E-state index contributed by atoms with van der Waals surface area (Å²) in [6, 6.07) is 24.8. The molecule has 0 saturated carbocycles. The number of benzene rings is 4. The lowest BCUT2D eigenvalue weighted by Gasteiger charge is -2.16. The summed E-state index contributed by atoms with van der Waals surface area (Å²) < 4.78 is 21.3. The second-order valence-corrected chi connectivity index (χ2v) is 9.57. The van der Waals surface area contributed by atoms with Crippen LogP contribution in [0.25, 0.3) is 16.6 Å². The maximum absolute atomic E-state index is 13.8. The van der Waals surface area contributed by atoms with Crippen molar-refractivity contribution in [1.82, 2.24) is 14.5 Å². The predicted octanol–water partition coefficient (Wildman–Crippen LogP) is 4.97. The van der Waals surface area contributed by atoms with Crippen molar-refractivity contribution in [3.05, 3.63) is 139 Å². The minimum absolute atomic E-state index is 0.0516. The lowest BCUT2D eigenvalue weighted by molar-refractivity contribution is 0.0954. The van der Waals surface area contributed by atoms with Gasteiger partial charge in [-0.2, -0.15) is 0 Å². The van der Waals surface area contributed by atoms with Crippen molar-refractivity contribution in [3.63, 3.8) is 0 Å². The summed E-state index contributed by atoms with van der Waals surface area (Å²) in [4.78, 5) is 40.4. The molecule has 0 aliphatic rings. The first kappa shape index (κ1) is 26.9. The van der Waals surface area contributed by atoms with Gasteiger partial charge in [-0.1, -0.05) is 48.0 Å². The average Bonchev–Trinajstić information content (AvgIpc) is 2.97. The molecule has 1 amide bonds. The molecule has 0 fully saturated rings. The molecular formula is C31H25ClFN3O4. The maximum atomic E-state index is 13.8. The SMILES string of the molecule is COc1ccc(-n2c(=O)c3ccc(C(=O)NCCc4ccccc4)cc3n(Cc3ccc(F)cc3Cl)c2=O)cc1. The molecule has 0 bridgehead atoms. The van der Waals surface area contributed by atoms with Crippen molar-refractivity contribution < 1.29 is 13.9 Å². The predicted molar refractivity (Wildman–Crippen MR) is 153 cm³/mol. The van der Waals surface area contributed by atoms with E-state index in [-0.39, 0.29) is 28.4 Å². The van der Waals surface area contributed by atoms with E-state index < -0.39 is 17.1 Å². The van der Waals surface area contributed by atoms with E-state index in [9.17, 15) is 18.8 Å². The molecule has 0 spiro atoms. The molecule has 0 aliphatic heterocycles. The number of nitrogens with one attached hydrogen (secondary N) is 1. The highest BCUT2D eigenvalue weighted by Crippen LogP contribution is 2.21. The van der Waals surface area contributed by atoms with E-state index in [4.69, 9.17) is 16.3 Å². The second kappa shape index (κ2) is 11.6. The van der Waals surface area contributed by atoms with Crippen molar-refractivity contribution in [2.24, 2.45) is 0 Å². The number of carbonyl (C=O) groups is 1. The van der Waals surface area contributed by atoms with E-state index >= 15 is 0 Å². The summed E-state index contributed by atoms with van der Waals surface area (Å²) in [5, 5.41) is 3.26. The largest absolute Gasteiger partial charge is 0.497 e. The molecule has 1 heterocycles. The van der Waals surface area contributed by atoms with Crippen molar-refractivity contribution in [2.45, 2.75) is 13.0 Å². The van der Waals surface area contributed by atoms with Gasteiger partial charge in [0.05, 0.1) is 30.2 Å². The summed E-state index contributed by atoms with van der Waals surface area (Å²) >= 11 is 6.29. The van der Waals surface area contributed by atoms with E-state index in [1.807, 2.05) is 30.3 Å². The minimum atomic E-state index is -0.635. The van der Waals surface area contributed by atoms with Gasteiger partial charge in [0.1, 0.15) is 11.6 Å². The number of carbonyl (C=O) groups excluding carboxylic acids is 1. The van der Waals surface area contributed by atoms with Crippen molar-refractivity contribution in [2.75, 3.05) is 13.7 Å². The first-order valence-electron chi connectivity index (χ1n) is 12.6. The highest BCUT2D eigenvalue weighted by atomic mass is 35.5. The smallest absolute Gasteiger partial charge is 0.336 e. The van der Waals surface area contributed by atoms with Crippen LogP contribution in [0.4, 0.5) is 4.39 Å². The molecule has 0 radical (unpaired) electrons. The quantitative estimate of drug-likeness (QED) is 0.292. The monoisotopic (exact) mass is 557 g/mol. The summed E-state index contributed by atoms with van der Waals surface area (Å²) in [5.41, 5.74) is 1.29. The molecule has 5 rings (SSSR count). The van der Waals surface area contributed by atoms with Gasteiger partial charge in [0.2, 0.25) is 0 Å². The Balaban J connectivity index is 1.59. The van der Waals surface area contributed by atoms with Crippen LogP contribution in [0.15, 0.2) is 101 Å². The molecule has 0 aliphatic carbocycles. The Hall–Kier alpha value is -4.69. The molecular weight excluding hydrogens is 533 g/mol. The number of ether oxygens (including phenoxy) is 1. The van der Waals surface area contributed by atoms with Crippen molar-refractivity contribution >= 4 is 28.4 Å². The third kappa shape index (κ3) is 5.53. The van der Waals surface area contributed by atoms with Crippen LogP contribution in [0.2, 0.25) is 5.02 Å². The fourth-order valence-corrected chi connectivity index (χ4v) is 4.73. The number of halogens is 2. The molecule has 0 atom stereocenters. The first-order valence-corrected chi connectivity index (χ1v) is 12.9. The molecule has 9 heteroatoms. The molecule has 4 aromatic carbocycles. The van der Waals surface area contributed by atoms with Gasteiger partial charge in [-0.05, 0) is 72.1 Å².